The smallest absolute Gasteiger partial charge is 0.311 e. The molecule has 0 unspecified atom stereocenters. The average Bonchev–Trinajstić information content (AvgIpc) is 2.67. The minimum Gasteiger partial charge on any atom is -0.481 e. The van der Waals surface area contributed by atoms with E-state index in [2.05, 4.69) is 9.88 Å². The average molecular weight is 353 g/mol. The van der Waals surface area contributed by atoms with E-state index in [1.54, 1.807) is 12.3 Å². The van der Waals surface area contributed by atoms with E-state index in [1.165, 1.54) is 0 Å². The van der Waals surface area contributed by atoms with Gasteiger partial charge in [0.15, 0.2) is 0 Å². The van der Waals surface area contributed by atoms with Gasteiger partial charge in [0.2, 0.25) is 0 Å². The number of piperidine rings is 2. The molecule has 0 aliphatic carbocycles. The highest BCUT2D eigenvalue weighted by Gasteiger charge is 2.52. The number of amides is 1. The maximum Gasteiger partial charge on any atom is 0.311 e. The maximum atomic E-state index is 13.0. The number of likely N-dealkylation sites (tertiary alicyclic amines) is 2. The van der Waals surface area contributed by atoms with Crippen molar-refractivity contribution < 1.29 is 14.7 Å². The van der Waals surface area contributed by atoms with Crippen molar-refractivity contribution in [3.63, 3.8) is 0 Å². The summed E-state index contributed by atoms with van der Waals surface area (Å²) < 4.78 is 0. The van der Waals surface area contributed by atoms with Gasteiger partial charge in [-0.25, -0.2) is 0 Å². The number of pyridine rings is 1. The Balaban J connectivity index is 1.60. The predicted octanol–water partition coefficient (Wildman–Crippen LogP) is 2.25. The highest BCUT2D eigenvalue weighted by molar-refractivity contribution is 5.98. The van der Waals surface area contributed by atoms with Crippen LogP contribution in [0.4, 0.5) is 0 Å². The Kier molecular flexibility index (Phi) is 4.15. The summed E-state index contributed by atoms with van der Waals surface area (Å²) in [6.07, 6.45) is 3.84. The monoisotopic (exact) mass is 353 g/mol. The molecule has 2 fully saturated rings. The molecule has 1 amide bonds. The molecule has 1 N–H and O–H groups in total. The van der Waals surface area contributed by atoms with Crippen molar-refractivity contribution in [2.45, 2.75) is 25.3 Å². The van der Waals surface area contributed by atoms with Crippen molar-refractivity contribution in [2.24, 2.45) is 5.41 Å². The molecule has 0 saturated carbocycles. The lowest BCUT2D eigenvalue weighted by atomic mass is 9.68. The first-order valence-corrected chi connectivity index (χ1v) is 9.09. The number of rotatable bonds is 2. The molecule has 0 bridgehead atoms. The molecule has 2 aliphatic rings. The van der Waals surface area contributed by atoms with E-state index < -0.39 is 11.4 Å². The summed E-state index contributed by atoms with van der Waals surface area (Å²) in [6, 6.07) is 9.21. The predicted molar refractivity (Wildman–Crippen MR) is 98.0 cm³/mol. The molecule has 0 radical (unpaired) electrons. The minimum absolute atomic E-state index is 0.0336. The van der Waals surface area contributed by atoms with Crippen molar-refractivity contribution in [1.29, 1.82) is 0 Å². The Morgan fingerprint density at radius 3 is 2.88 bits per heavy atom. The zero-order valence-electron chi connectivity index (χ0n) is 14.9. The normalized spacial score (nSPS) is 26.5. The number of benzene rings is 1. The van der Waals surface area contributed by atoms with Crippen LogP contribution in [0.3, 0.4) is 0 Å². The molecule has 2 aromatic rings. The number of nitrogens with zero attached hydrogens (tertiary/aromatic N) is 3. The van der Waals surface area contributed by atoms with Crippen LogP contribution in [-0.4, -0.2) is 64.5 Å². The van der Waals surface area contributed by atoms with Gasteiger partial charge in [-0.3, -0.25) is 14.6 Å². The summed E-state index contributed by atoms with van der Waals surface area (Å²) >= 11 is 0. The van der Waals surface area contributed by atoms with Crippen molar-refractivity contribution in [3.8, 4) is 0 Å². The topological polar surface area (TPSA) is 73.7 Å². The third-order valence-corrected chi connectivity index (χ3v) is 6.09. The number of hydrogen-bond acceptors (Lipinski definition) is 4. The quantitative estimate of drug-likeness (QED) is 0.896. The van der Waals surface area contributed by atoms with Crippen molar-refractivity contribution in [2.75, 3.05) is 26.7 Å². The van der Waals surface area contributed by atoms with Crippen LogP contribution in [0.2, 0.25) is 0 Å². The first-order chi connectivity index (χ1) is 12.5. The molecular formula is C20H23N3O3. The molecule has 6 nitrogen and oxygen atoms in total. The van der Waals surface area contributed by atoms with Crippen molar-refractivity contribution in [3.05, 3.63) is 42.1 Å². The fourth-order valence-corrected chi connectivity index (χ4v) is 4.56. The van der Waals surface area contributed by atoms with E-state index in [9.17, 15) is 14.7 Å². The zero-order chi connectivity index (χ0) is 18.3. The molecule has 2 aliphatic heterocycles. The number of likely N-dealkylation sites (N-methyl/N-ethyl adjacent to an activating group) is 1. The molecule has 1 aromatic heterocycles. The fraction of sp³-hybridized carbons (Fsp3) is 0.450. The molecular weight excluding hydrogens is 330 g/mol. The summed E-state index contributed by atoms with van der Waals surface area (Å²) in [5, 5.41) is 10.8. The Morgan fingerprint density at radius 2 is 2.08 bits per heavy atom. The van der Waals surface area contributed by atoms with Crippen LogP contribution >= 0.6 is 0 Å². The van der Waals surface area contributed by atoms with Gasteiger partial charge in [-0.2, -0.15) is 0 Å². The van der Waals surface area contributed by atoms with E-state index in [0.29, 0.717) is 31.5 Å². The van der Waals surface area contributed by atoms with Gasteiger partial charge in [-0.1, -0.05) is 6.07 Å². The van der Waals surface area contributed by atoms with Gasteiger partial charge in [0, 0.05) is 36.3 Å². The van der Waals surface area contributed by atoms with Crippen LogP contribution in [0.15, 0.2) is 36.5 Å². The Morgan fingerprint density at radius 1 is 1.23 bits per heavy atom. The molecule has 26 heavy (non-hydrogen) atoms. The van der Waals surface area contributed by atoms with E-state index in [1.807, 2.05) is 36.2 Å². The lowest BCUT2D eigenvalue weighted by Crippen LogP contribution is -2.63. The third-order valence-electron chi connectivity index (χ3n) is 6.09. The second-order valence-electron chi connectivity index (χ2n) is 7.47. The summed E-state index contributed by atoms with van der Waals surface area (Å²) in [7, 11) is 1.97. The molecule has 2 atom stereocenters. The molecule has 0 spiro atoms. The van der Waals surface area contributed by atoms with Crippen LogP contribution in [0.25, 0.3) is 10.9 Å². The number of fused-ring (bicyclic) bond motifs is 2. The summed E-state index contributed by atoms with van der Waals surface area (Å²) in [4.78, 5) is 33.3. The molecule has 2 saturated heterocycles. The van der Waals surface area contributed by atoms with E-state index in [0.717, 1.165) is 23.9 Å². The zero-order valence-corrected chi connectivity index (χ0v) is 14.9. The minimum atomic E-state index is -0.725. The Bertz CT molecular complexity index is 868. The highest BCUT2D eigenvalue weighted by Crippen LogP contribution is 2.42. The van der Waals surface area contributed by atoms with Gasteiger partial charge in [0.1, 0.15) is 0 Å². The first kappa shape index (κ1) is 17.0. The second kappa shape index (κ2) is 6.36. The van der Waals surface area contributed by atoms with E-state index in [4.69, 9.17) is 0 Å². The third kappa shape index (κ3) is 2.65. The van der Waals surface area contributed by atoms with E-state index >= 15 is 0 Å². The number of carboxylic acid groups (broad SMARTS) is 1. The highest BCUT2D eigenvalue weighted by atomic mass is 16.4. The number of carboxylic acids is 1. The maximum absolute atomic E-state index is 13.0. The number of carbonyl (C=O) groups is 2. The fourth-order valence-electron chi connectivity index (χ4n) is 4.56. The summed E-state index contributed by atoms with van der Waals surface area (Å²) in [5.41, 5.74) is 0.767. The van der Waals surface area contributed by atoms with Gasteiger partial charge in [-0.15, -0.1) is 0 Å². The Hall–Kier alpha value is -2.47. The first-order valence-electron chi connectivity index (χ1n) is 9.09. The lowest BCUT2D eigenvalue weighted by Gasteiger charge is -2.51. The lowest BCUT2D eigenvalue weighted by molar-refractivity contribution is -0.161. The van der Waals surface area contributed by atoms with Gasteiger partial charge in [-0.05, 0) is 57.1 Å². The number of hydrogen-bond donors (Lipinski definition) is 1. The van der Waals surface area contributed by atoms with Crippen LogP contribution in [0.5, 0.6) is 0 Å². The van der Waals surface area contributed by atoms with Crippen LogP contribution in [-0.2, 0) is 4.79 Å². The molecule has 4 rings (SSSR count). The van der Waals surface area contributed by atoms with E-state index in [-0.39, 0.29) is 11.9 Å². The second-order valence-corrected chi connectivity index (χ2v) is 7.47. The van der Waals surface area contributed by atoms with Gasteiger partial charge >= 0.3 is 5.97 Å². The molecule has 136 valence electrons. The van der Waals surface area contributed by atoms with Crippen LogP contribution < -0.4 is 0 Å². The summed E-state index contributed by atoms with van der Waals surface area (Å²) in [6.45, 7) is 1.83. The Labute approximate surface area is 152 Å². The van der Waals surface area contributed by atoms with Gasteiger partial charge in [0.25, 0.3) is 5.91 Å². The molecule has 6 heteroatoms. The summed E-state index contributed by atoms with van der Waals surface area (Å²) in [5.74, 6) is -0.758. The SMILES string of the molecule is CN1CCC[C@]2(C(=O)O)CCN(C(=O)c3ccc4ncccc4c3)C[C@@H]12. The van der Waals surface area contributed by atoms with Gasteiger partial charge < -0.3 is 14.9 Å². The van der Waals surface area contributed by atoms with Crippen LogP contribution in [0, 0.1) is 5.41 Å². The molecule has 3 heterocycles. The standard InChI is InChI=1S/C20H23N3O3/c1-22-10-3-7-20(19(25)26)8-11-23(13-17(20)22)18(24)15-5-6-16-14(12-15)4-2-9-21-16/h2,4-6,9,12,17H,3,7-8,10-11,13H2,1H3,(H,25,26)/t17-,20+/m1/s1. The number of aromatic nitrogens is 1. The number of aliphatic carboxylic acids is 1. The van der Waals surface area contributed by atoms with Gasteiger partial charge in [0.05, 0.1) is 10.9 Å². The number of carbonyl (C=O) groups excluding carboxylic acids is 1. The van der Waals surface area contributed by atoms with Crippen LogP contribution in [0.1, 0.15) is 29.6 Å². The van der Waals surface area contributed by atoms with Crippen molar-refractivity contribution >= 4 is 22.8 Å². The largest absolute Gasteiger partial charge is 0.481 e. The van der Waals surface area contributed by atoms with Crippen molar-refractivity contribution in [1.82, 2.24) is 14.8 Å². The molecule has 1 aromatic carbocycles.